The summed E-state index contributed by atoms with van der Waals surface area (Å²) >= 11 is 0. The van der Waals surface area contributed by atoms with Crippen molar-refractivity contribution in [3.8, 4) is 0 Å². The normalized spacial score (nSPS) is 20.5. The highest BCUT2D eigenvalue weighted by Crippen LogP contribution is 2.46. The molecule has 0 saturated carbocycles. The summed E-state index contributed by atoms with van der Waals surface area (Å²) in [4.78, 5) is 36.6. The summed E-state index contributed by atoms with van der Waals surface area (Å²) in [5.41, 5.74) is 2.68. The molecule has 8 heteroatoms. The van der Waals surface area contributed by atoms with Gasteiger partial charge in [0.1, 0.15) is 6.61 Å². The number of hydrogen-bond donors (Lipinski definition) is 1. The number of dihydropyridines is 1. The second kappa shape index (κ2) is 8.39. The van der Waals surface area contributed by atoms with Gasteiger partial charge in [0.05, 0.1) is 17.1 Å². The van der Waals surface area contributed by atoms with E-state index in [1.165, 1.54) is 19.2 Å². The van der Waals surface area contributed by atoms with Gasteiger partial charge >= 0.3 is 5.97 Å². The van der Waals surface area contributed by atoms with Gasteiger partial charge < -0.3 is 14.8 Å². The van der Waals surface area contributed by atoms with Crippen LogP contribution in [0.2, 0.25) is 0 Å². The number of carbonyl (C=O) groups excluding carboxylic acids is 2. The smallest absolute Gasteiger partial charge is 0.336 e. The molecule has 1 N–H and O–H groups in total. The molecule has 0 amide bonds. The lowest BCUT2D eigenvalue weighted by Gasteiger charge is -2.39. The van der Waals surface area contributed by atoms with Crippen molar-refractivity contribution >= 4 is 17.4 Å². The number of ether oxygens (including phenoxy) is 2. The molecule has 0 saturated heterocycles. The molecule has 3 rings (SSSR count). The van der Waals surface area contributed by atoms with Gasteiger partial charge in [-0.3, -0.25) is 14.9 Å². The Labute approximate surface area is 175 Å². The second-order valence-corrected chi connectivity index (χ2v) is 8.41. The summed E-state index contributed by atoms with van der Waals surface area (Å²) in [5, 5.41) is 14.3. The van der Waals surface area contributed by atoms with Gasteiger partial charge in [0.2, 0.25) is 0 Å². The van der Waals surface area contributed by atoms with Crippen molar-refractivity contribution in [2.75, 3.05) is 20.3 Å². The Morgan fingerprint density at radius 1 is 1.23 bits per heavy atom. The van der Waals surface area contributed by atoms with Crippen molar-refractivity contribution in [3.63, 3.8) is 0 Å². The number of benzene rings is 1. The van der Waals surface area contributed by atoms with Crippen LogP contribution < -0.4 is 5.32 Å². The summed E-state index contributed by atoms with van der Waals surface area (Å²) < 4.78 is 10.3. The molecule has 1 heterocycles. The number of esters is 1. The molecule has 1 aromatic carbocycles. The highest BCUT2D eigenvalue weighted by Gasteiger charge is 2.43. The standard InChI is InChI=1S/C22H26N2O6/c1-13-18(21(26)30-10-9-29-4)19(14-5-7-15(8-6-14)24(27)28)20-16(23-13)11-22(2,3)12-17(20)25/h5-8,19,23H,9-12H2,1-4H3. The van der Waals surface area contributed by atoms with E-state index in [2.05, 4.69) is 5.32 Å². The zero-order chi connectivity index (χ0) is 22.1. The van der Waals surface area contributed by atoms with E-state index < -0.39 is 16.8 Å². The predicted octanol–water partition coefficient (Wildman–Crippen LogP) is 3.39. The molecule has 1 aliphatic carbocycles. The highest BCUT2D eigenvalue weighted by atomic mass is 16.6. The number of ketones is 1. The Morgan fingerprint density at radius 2 is 1.90 bits per heavy atom. The SMILES string of the molecule is COCCOC(=O)C1=C(C)NC2=C(C(=O)CC(C)(C)C2)C1c1ccc([N+](=O)[O-])cc1. The molecule has 0 radical (unpaired) electrons. The van der Waals surface area contributed by atoms with Crippen LogP contribution in [0.5, 0.6) is 0 Å². The zero-order valence-corrected chi connectivity index (χ0v) is 17.6. The van der Waals surface area contributed by atoms with Crippen molar-refractivity contribution in [1.29, 1.82) is 0 Å². The Hall–Kier alpha value is -3.00. The van der Waals surface area contributed by atoms with E-state index in [1.54, 1.807) is 19.1 Å². The first kappa shape index (κ1) is 21.7. The van der Waals surface area contributed by atoms with Crippen LogP contribution in [-0.4, -0.2) is 37.0 Å². The van der Waals surface area contributed by atoms with Gasteiger partial charge in [-0.25, -0.2) is 4.79 Å². The number of hydrogen-bond acceptors (Lipinski definition) is 7. The van der Waals surface area contributed by atoms with Crippen molar-refractivity contribution in [2.24, 2.45) is 5.41 Å². The minimum absolute atomic E-state index is 0.0354. The van der Waals surface area contributed by atoms with Crippen LogP contribution in [0.25, 0.3) is 0 Å². The fourth-order valence-electron chi connectivity index (χ4n) is 4.12. The minimum atomic E-state index is -0.638. The van der Waals surface area contributed by atoms with E-state index in [-0.39, 0.29) is 30.1 Å². The maximum atomic E-state index is 13.1. The predicted molar refractivity (Wildman–Crippen MR) is 110 cm³/mol. The lowest BCUT2D eigenvalue weighted by atomic mass is 9.68. The first-order chi connectivity index (χ1) is 14.1. The molecular weight excluding hydrogens is 388 g/mol. The zero-order valence-electron chi connectivity index (χ0n) is 17.6. The third-order valence-corrected chi connectivity index (χ3v) is 5.42. The Morgan fingerprint density at radius 3 is 2.50 bits per heavy atom. The maximum absolute atomic E-state index is 13.1. The van der Waals surface area contributed by atoms with E-state index in [0.717, 1.165) is 5.70 Å². The number of Topliss-reactive ketones (excluding diaryl/α,β-unsaturated/α-hetero) is 1. The first-order valence-electron chi connectivity index (χ1n) is 9.79. The quantitative estimate of drug-likeness (QED) is 0.329. The van der Waals surface area contributed by atoms with Crippen LogP contribution in [0, 0.1) is 15.5 Å². The van der Waals surface area contributed by atoms with Gasteiger partial charge in [-0.15, -0.1) is 0 Å². The lowest BCUT2D eigenvalue weighted by Crippen LogP contribution is -2.38. The number of nitro groups is 1. The second-order valence-electron chi connectivity index (χ2n) is 8.41. The van der Waals surface area contributed by atoms with Gasteiger partial charge in [-0.2, -0.15) is 0 Å². The Kier molecular flexibility index (Phi) is 6.07. The van der Waals surface area contributed by atoms with Gasteiger partial charge in [-0.1, -0.05) is 26.0 Å². The van der Waals surface area contributed by atoms with Gasteiger partial charge in [0, 0.05) is 48.5 Å². The minimum Gasteiger partial charge on any atom is -0.460 e. The largest absolute Gasteiger partial charge is 0.460 e. The molecule has 1 aliphatic heterocycles. The molecule has 8 nitrogen and oxygen atoms in total. The number of nitro benzene ring substituents is 1. The van der Waals surface area contributed by atoms with E-state index >= 15 is 0 Å². The van der Waals surface area contributed by atoms with E-state index in [0.29, 0.717) is 35.2 Å². The molecule has 1 unspecified atom stereocenters. The van der Waals surface area contributed by atoms with Crippen molar-refractivity contribution < 1.29 is 24.0 Å². The highest BCUT2D eigenvalue weighted by molar-refractivity contribution is 6.04. The molecule has 1 atom stereocenters. The molecule has 160 valence electrons. The first-order valence-corrected chi connectivity index (χ1v) is 9.79. The van der Waals surface area contributed by atoms with Crippen LogP contribution in [0.3, 0.4) is 0 Å². The number of nitrogens with one attached hydrogen (secondary N) is 1. The summed E-state index contributed by atoms with van der Waals surface area (Å²) in [5.74, 6) is -1.21. The maximum Gasteiger partial charge on any atom is 0.336 e. The molecule has 30 heavy (non-hydrogen) atoms. The number of allylic oxidation sites excluding steroid dienone is 3. The molecule has 1 aromatic rings. The number of nitrogens with zero attached hydrogens (tertiary/aromatic N) is 1. The van der Waals surface area contributed by atoms with Gasteiger partial charge in [0.15, 0.2) is 5.78 Å². The number of non-ortho nitro benzene ring substituents is 1. The lowest BCUT2D eigenvalue weighted by molar-refractivity contribution is -0.384. The third kappa shape index (κ3) is 4.28. The summed E-state index contributed by atoms with van der Waals surface area (Å²) in [7, 11) is 1.51. The van der Waals surface area contributed by atoms with E-state index in [9.17, 15) is 19.7 Å². The Balaban J connectivity index is 2.08. The van der Waals surface area contributed by atoms with Crippen LogP contribution in [-0.2, 0) is 19.1 Å². The van der Waals surface area contributed by atoms with Crippen molar-refractivity contribution in [3.05, 3.63) is 62.5 Å². The fourth-order valence-corrected chi connectivity index (χ4v) is 4.12. The average Bonchev–Trinajstić information content (AvgIpc) is 2.66. The van der Waals surface area contributed by atoms with Crippen molar-refractivity contribution in [2.45, 2.75) is 39.5 Å². The van der Waals surface area contributed by atoms with Crippen LogP contribution in [0.15, 0.2) is 46.8 Å². The van der Waals surface area contributed by atoms with Crippen LogP contribution >= 0.6 is 0 Å². The summed E-state index contributed by atoms with van der Waals surface area (Å²) in [6.45, 7) is 6.19. The molecule has 0 fully saturated rings. The average molecular weight is 414 g/mol. The van der Waals surface area contributed by atoms with E-state index in [1.807, 2.05) is 13.8 Å². The number of methoxy groups -OCH3 is 1. The molecule has 2 aliphatic rings. The van der Waals surface area contributed by atoms with Gasteiger partial charge in [-0.05, 0) is 24.3 Å². The van der Waals surface area contributed by atoms with Crippen LogP contribution in [0.4, 0.5) is 5.69 Å². The van der Waals surface area contributed by atoms with Crippen molar-refractivity contribution in [1.82, 2.24) is 5.32 Å². The Bertz CT molecular complexity index is 943. The topological polar surface area (TPSA) is 108 Å². The molecule has 0 bridgehead atoms. The molecule has 0 spiro atoms. The fraction of sp³-hybridized carbons (Fsp3) is 0.455. The summed E-state index contributed by atoms with van der Waals surface area (Å²) in [6.07, 6.45) is 1.03. The van der Waals surface area contributed by atoms with E-state index in [4.69, 9.17) is 9.47 Å². The monoisotopic (exact) mass is 414 g/mol. The van der Waals surface area contributed by atoms with Crippen LogP contribution in [0.1, 0.15) is 45.1 Å². The third-order valence-electron chi connectivity index (χ3n) is 5.42. The van der Waals surface area contributed by atoms with Gasteiger partial charge in [0.25, 0.3) is 5.69 Å². The number of rotatable bonds is 6. The molecule has 0 aromatic heterocycles. The summed E-state index contributed by atoms with van der Waals surface area (Å²) in [6, 6.07) is 5.97. The number of carbonyl (C=O) groups is 2. The molecular formula is C22H26N2O6.